The Labute approximate surface area is 241 Å². The van der Waals surface area contributed by atoms with Gasteiger partial charge in [0.25, 0.3) is 0 Å². The summed E-state index contributed by atoms with van der Waals surface area (Å²) in [5.74, 6) is -9.96. The van der Waals surface area contributed by atoms with Crippen molar-refractivity contribution in [3.63, 3.8) is 0 Å². The number of aliphatic hydroxyl groups excluding tert-OH is 2. The molecule has 2 aromatic carbocycles. The second kappa shape index (κ2) is 11.7. The maximum atomic E-state index is 13.3. The van der Waals surface area contributed by atoms with Crippen molar-refractivity contribution in [3.8, 4) is 17.2 Å². The molecule has 15 heteroatoms. The number of hydrogen-bond donors (Lipinski definition) is 5. The van der Waals surface area contributed by atoms with Gasteiger partial charge in [0.2, 0.25) is 6.29 Å². The molecule has 226 valence electrons. The van der Waals surface area contributed by atoms with Crippen LogP contribution in [-0.4, -0.2) is 92.7 Å². The van der Waals surface area contributed by atoms with Crippen LogP contribution in [0.2, 0.25) is 0 Å². The fourth-order valence-corrected chi connectivity index (χ4v) is 5.01. The highest BCUT2D eigenvalue weighted by molar-refractivity contribution is 6.00. The molecule has 3 heterocycles. The van der Waals surface area contributed by atoms with Gasteiger partial charge in [0, 0.05) is 11.6 Å². The van der Waals surface area contributed by atoms with Crippen molar-refractivity contribution < 1.29 is 73.2 Å². The van der Waals surface area contributed by atoms with Crippen LogP contribution >= 0.6 is 0 Å². The largest absolute Gasteiger partial charge is 0.504 e. The molecule has 2 aromatic rings. The van der Waals surface area contributed by atoms with E-state index in [0.29, 0.717) is 5.56 Å². The van der Waals surface area contributed by atoms with Gasteiger partial charge < -0.3 is 49.2 Å². The van der Waals surface area contributed by atoms with Crippen LogP contribution in [0.3, 0.4) is 0 Å². The number of carboxylic acid groups (broad SMARTS) is 1. The number of phenols is 2. The van der Waals surface area contributed by atoms with Crippen LogP contribution < -0.4 is 4.74 Å². The summed E-state index contributed by atoms with van der Waals surface area (Å²) < 4.78 is 26.6. The van der Waals surface area contributed by atoms with Crippen LogP contribution in [0.25, 0.3) is 6.08 Å². The number of carbonyl (C=O) groups is 5. The molecule has 5 N–H and O–H groups in total. The van der Waals surface area contributed by atoms with Crippen molar-refractivity contribution in [2.45, 2.75) is 43.0 Å². The molecule has 0 aliphatic carbocycles. The van der Waals surface area contributed by atoms with Gasteiger partial charge in [-0.25, -0.2) is 9.59 Å². The third-order valence-electron chi connectivity index (χ3n) is 7.08. The van der Waals surface area contributed by atoms with Gasteiger partial charge in [-0.15, -0.1) is 0 Å². The van der Waals surface area contributed by atoms with E-state index in [-0.39, 0.29) is 22.6 Å². The SMILES string of the molecule is O=C(O)CC1C(=O)OC2[C@H](COC(=O)c3cccc4c3C1C(=O)O4)O[C@@H](OC(=O)/C=C/c1ccc(O)c(O)c1)[C@H](O)[C@H]2O. The van der Waals surface area contributed by atoms with Gasteiger partial charge in [0.15, 0.2) is 17.6 Å². The Kier molecular flexibility index (Phi) is 8.04. The van der Waals surface area contributed by atoms with Crippen LogP contribution in [-0.2, 0) is 38.1 Å². The molecule has 15 nitrogen and oxygen atoms in total. The highest BCUT2D eigenvalue weighted by Gasteiger charge is 2.52. The number of hydrogen-bond acceptors (Lipinski definition) is 14. The summed E-state index contributed by atoms with van der Waals surface area (Å²) in [6.45, 7) is -0.691. The zero-order valence-corrected chi connectivity index (χ0v) is 21.9. The van der Waals surface area contributed by atoms with Crippen molar-refractivity contribution >= 4 is 35.9 Å². The van der Waals surface area contributed by atoms with Gasteiger partial charge in [-0.2, -0.15) is 0 Å². The lowest BCUT2D eigenvalue weighted by Gasteiger charge is -2.41. The molecule has 3 unspecified atom stereocenters. The van der Waals surface area contributed by atoms with Gasteiger partial charge in [-0.05, 0) is 35.9 Å². The highest BCUT2D eigenvalue weighted by Crippen LogP contribution is 2.44. The van der Waals surface area contributed by atoms with E-state index >= 15 is 0 Å². The molecular weight excluding hydrogens is 576 g/mol. The molecule has 0 aromatic heterocycles. The number of aliphatic hydroxyl groups is 2. The van der Waals surface area contributed by atoms with Crippen molar-refractivity contribution in [3.05, 3.63) is 59.2 Å². The molecule has 1 fully saturated rings. The van der Waals surface area contributed by atoms with Gasteiger partial charge >= 0.3 is 29.8 Å². The Balaban J connectivity index is 1.41. The Hall–Kier alpha value is -4.99. The van der Waals surface area contributed by atoms with Crippen molar-refractivity contribution in [1.29, 1.82) is 0 Å². The molecule has 0 bridgehead atoms. The first-order valence-electron chi connectivity index (χ1n) is 12.8. The lowest BCUT2D eigenvalue weighted by Crippen LogP contribution is -2.61. The molecule has 5 rings (SSSR count). The van der Waals surface area contributed by atoms with E-state index in [2.05, 4.69) is 0 Å². The minimum Gasteiger partial charge on any atom is -0.504 e. The smallest absolute Gasteiger partial charge is 0.338 e. The summed E-state index contributed by atoms with van der Waals surface area (Å²) in [4.78, 5) is 63.4. The summed E-state index contributed by atoms with van der Waals surface area (Å²) in [7, 11) is 0. The van der Waals surface area contributed by atoms with E-state index in [9.17, 15) is 49.5 Å². The average molecular weight is 600 g/mol. The molecule has 3 aliphatic heterocycles. The van der Waals surface area contributed by atoms with Crippen molar-refractivity contribution in [2.24, 2.45) is 5.92 Å². The molecular formula is C28H24O15. The summed E-state index contributed by atoms with van der Waals surface area (Å²) >= 11 is 0. The van der Waals surface area contributed by atoms with E-state index in [4.69, 9.17) is 23.7 Å². The maximum Gasteiger partial charge on any atom is 0.338 e. The lowest BCUT2D eigenvalue weighted by atomic mass is 9.82. The molecule has 3 aliphatic rings. The first kappa shape index (κ1) is 29.5. The number of carbonyl (C=O) groups excluding carboxylic acids is 4. The van der Waals surface area contributed by atoms with E-state index in [1.807, 2.05) is 0 Å². The zero-order valence-electron chi connectivity index (χ0n) is 21.9. The van der Waals surface area contributed by atoms with Gasteiger partial charge in [0.05, 0.1) is 17.9 Å². The Morgan fingerprint density at radius 3 is 2.49 bits per heavy atom. The van der Waals surface area contributed by atoms with Gasteiger partial charge in [-0.3, -0.25) is 14.4 Å². The molecule has 0 spiro atoms. The second-order valence-corrected chi connectivity index (χ2v) is 9.86. The van der Waals surface area contributed by atoms with Gasteiger partial charge in [0.1, 0.15) is 36.6 Å². The number of phenolic OH excluding ortho intramolecular Hbond substituents is 2. The average Bonchev–Trinajstić information content (AvgIpc) is 3.29. The summed E-state index contributed by atoms with van der Waals surface area (Å²) in [6, 6.07) is 7.76. The van der Waals surface area contributed by atoms with Crippen LogP contribution in [0.4, 0.5) is 0 Å². The number of carboxylic acids is 1. The van der Waals surface area contributed by atoms with E-state index in [0.717, 1.165) is 12.1 Å². The quantitative estimate of drug-likeness (QED) is 0.0997. The van der Waals surface area contributed by atoms with Crippen molar-refractivity contribution in [1.82, 2.24) is 0 Å². The zero-order chi connectivity index (χ0) is 31.0. The van der Waals surface area contributed by atoms with Crippen LogP contribution in [0.5, 0.6) is 17.2 Å². The fourth-order valence-electron chi connectivity index (χ4n) is 5.01. The summed E-state index contributed by atoms with van der Waals surface area (Å²) in [6.07, 6.45) is -7.91. The highest BCUT2D eigenvalue weighted by atomic mass is 16.7. The minimum absolute atomic E-state index is 0.0624. The van der Waals surface area contributed by atoms with Crippen LogP contribution in [0.1, 0.15) is 33.8 Å². The molecule has 0 radical (unpaired) electrons. The molecule has 0 amide bonds. The molecule has 43 heavy (non-hydrogen) atoms. The molecule has 7 atom stereocenters. The Morgan fingerprint density at radius 2 is 1.77 bits per heavy atom. The third-order valence-corrected chi connectivity index (χ3v) is 7.08. The number of cyclic esters (lactones) is 1. The fraction of sp³-hybridized carbons (Fsp3) is 0.321. The number of aliphatic carboxylic acids is 1. The first-order valence-corrected chi connectivity index (χ1v) is 12.8. The van der Waals surface area contributed by atoms with E-state index < -0.39 is 91.2 Å². The topological polar surface area (TPSA) is 233 Å². The molecule has 1 saturated heterocycles. The number of benzene rings is 2. The monoisotopic (exact) mass is 600 g/mol. The predicted molar refractivity (Wildman–Crippen MR) is 136 cm³/mol. The maximum absolute atomic E-state index is 13.3. The lowest BCUT2D eigenvalue weighted by molar-refractivity contribution is -0.294. The number of ether oxygens (including phenoxy) is 5. The predicted octanol–water partition coefficient (Wildman–Crippen LogP) is -0.0232. The number of fused-ring (bicyclic) bond motifs is 1. The Morgan fingerprint density at radius 1 is 1.00 bits per heavy atom. The summed E-state index contributed by atoms with van der Waals surface area (Å²) in [5.41, 5.74) is 0.0572. The van der Waals surface area contributed by atoms with Crippen LogP contribution in [0, 0.1) is 5.92 Å². The molecule has 0 saturated carbocycles. The first-order chi connectivity index (χ1) is 20.4. The number of esters is 4. The second-order valence-electron chi connectivity index (χ2n) is 9.86. The number of aromatic hydroxyl groups is 2. The Bertz CT molecular complexity index is 1510. The van der Waals surface area contributed by atoms with E-state index in [1.54, 1.807) is 0 Å². The van der Waals surface area contributed by atoms with Gasteiger partial charge in [-0.1, -0.05) is 12.1 Å². The van der Waals surface area contributed by atoms with E-state index in [1.165, 1.54) is 36.4 Å². The normalized spacial score (nSPS) is 28.5. The summed E-state index contributed by atoms with van der Waals surface area (Å²) in [5, 5.41) is 50.0. The minimum atomic E-state index is -2.00. The third kappa shape index (κ3) is 5.86. The number of rotatable bonds is 5. The van der Waals surface area contributed by atoms with Crippen LogP contribution in [0.15, 0.2) is 42.5 Å². The standard InChI is InChI=1S/C28H24O15/c29-14-6-4-11(8-15(14)30)5-7-19(33)42-28-23(35)22(34)24-17(41-28)10-39-25(36)12-2-1-3-16-20(12)21(27(38)40-16)13(9-18(31)32)26(37)43-24/h1-8,13,17,21-24,28-30,34-35H,9-10H2,(H,31,32)/b7-5+/t13?,17-,21?,22+,23+,24?,28-/m0/s1. The van der Waals surface area contributed by atoms with Crippen molar-refractivity contribution in [2.75, 3.05) is 6.61 Å².